The van der Waals surface area contributed by atoms with Crippen LogP contribution in [0.2, 0.25) is 0 Å². The minimum absolute atomic E-state index is 0.000765. The Balaban J connectivity index is 1.60. The third kappa shape index (κ3) is 4.50. The molecule has 1 aliphatic heterocycles. The predicted octanol–water partition coefficient (Wildman–Crippen LogP) is 2.92. The molecule has 0 saturated heterocycles. The number of oxazole rings is 1. The van der Waals surface area contributed by atoms with Crippen LogP contribution in [0.25, 0.3) is 11.0 Å². The van der Waals surface area contributed by atoms with Gasteiger partial charge in [0.15, 0.2) is 0 Å². The van der Waals surface area contributed by atoms with Crippen LogP contribution in [0.5, 0.6) is 0 Å². The van der Waals surface area contributed by atoms with E-state index in [1.54, 1.807) is 7.11 Å². The number of carbonyl (C=O) groups excluding carboxylic acids is 1. The van der Waals surface area contributed by atoms with E-state index >= 15 is 0 Å². The highest BCUT2D eigenvalue weighted by Crippen LogP contribution is 2.24. The number of nitrogens with two attached hydrogens (primary N) is 1. The van der Waals surface area contributed by atoms with Crippen molar-refractivity contribution in [3.05, 3.63) is 46.9 Å². The summed E-state index contributed by atoms with van der Waals surface area (Å²) in [7, 11) is 1.61. The lowest BCUT2D eigenvalue weighted by atomic mass is 10.1. The second-order valence-corrected chi connectivity index (χ2v) is 8.51. The topological polar surface area (TPSA) is 99.4 Å². The first-order valence-electron chi connectivity index (χ1n) is 10.9. The quantitative estimate of drug-likeness (QED) is 0.596. The number of aryl methyl sites for hydroxylation is 1. The minimum Gasteiger partial charge on any atom is -0.443 e. The van der Waals surface area contributed by atoms with E-state index in [2.05, 4.69) is 23.4 Å². The number of aromatic nitrogens is 3. The van der Waals surface area contributed by atoms with E-state index in [0.29, 0.717) is 50.0 Å². The smallest absolute Gasteiger partial charge is 0.254 e. The number of hydrogen-bond acceptors (Lipinski definition) is 6. The number of nitrogens with zero attached hydrogens (tertiary/aromatic N) is 4. The molecule has 0 radical (unpaired) electrons. The maximum Gasteiger partial charge on any atom is 0.254 e. The number of ether oxygens (including phenoxy) is 1. The van der Waals surface area contributed by atoms with Crippen LogP contribution in [0.1, 0.15) is 53.8 Å². The van der Waals surface area contributed by atoms with Crippen molar-refractivity contribution in [2.45, 2.75) is 52.8 Å². The monoisotopic (exact) mass is 425 g/mol. The summed E-state index contributed by atoms with van der Waals surface area (Å²) in [5, 5.41) is 0. The van der Waals surface area contributed by atoms with E-state index < -0.39 is 0 Å². The molecule has 1 aliphatic rings. The molecule has 2 N–H and O–H groups in total. The molecule has 31 heavy (non-hydrogen) atoms. The molecule has 8 nitrogen and oxygen atoms in total. The van der Waals surface area contributed by atoms with Crippen LogP contribution < -0.4 is 5.73 Å². The molecule has 4 rings (SSSR count). The van der Waals surface area contributed by atoms with Gasteiger partial charge in [-0.05, 0) is 37.1 Å². The number of amides is 1. The molecular formula is C23H31N5O3. The summed E-state index contributed by atoms with van der Waals surface area (Å²) in [5.74, 6) is 2.97. The summed E-state index contributed by atoms with van der Waals surface area (Å²) in [6.07, 6.45) is 2.43. The maximum absolute atomic E-state index is 13.3. The van der Waals surface area contributed by atoms with E-state index in [-0.39, 0.29) is 5.91 Å². The Bertz CT molecular complexity index is 1070. The summed E-state index contributed by atoms with van der Waals surface area (Å²) in [5.41, 5.74) is 9.17. The molecule has 0 unspecified atom stereocenters. The van der Waals surface area contributed by atoms with E-state index in [4.69, 9.17) is 19.9 Å². The molecule has 0 bridgehead atoms. The highest BCUT2D eigenvalue weighted by Gasteiger charge is 2.26. The minimum atomic E-state index is 0.000765. The molecule has 0 spiro atoms. The molecule has 3 heterocycles. The summed E-state index contributed by atoms with van der Waals surface area (Å²) in [6.45, 7) is 7.20. The van der Waals surface area contributed by atoms with Crippen LogP contribution in [0.3, 0.4) is 0 Å². The third-order valence-corrected chi connectivity index (χ3v) is 5.58. The Morgan fingerprint density at radius 3 is 2.90 bits per heavy atom. The second-order valence-electron chi connectivity index (χ2n) is 8.51. The number of fused-ring (bicyclic) bond motifs is 2. The van der Waals surface area contributed by atoms with Gasteiger partial charge < -0.3 is 24.4 Å². The summed E-state index contributed by atoms with van der Waals surface area (Å²) in [6, 6.07) is 5.80. The Hall–Kier alpha value is -2.71. The van der Waals surface area contributed by atoms with E-state index in [9.17, 15) is 4.79 Å². The molecule has 0 saturated carbocycles. The molecule has 0 fully saturated rings. The van der Waals surface area contributed by atoms with Gasteiger partial charge in [0.05, 0.1) is 17.6 Å². The number of methoxy groups -OCH3 is 1. The number of hydrogen-bond donors (Lipinski definition) is 1. The van der Waals surface area contributed by atoms with Crippen LogP contribution in [-0.2, 0) is 37.3 Å². The molecule has 2 aromatic heterocycles. The third-order valence-electron chi connectivity index (χ3n) is 5.58. The lowest BCUT2D eigenvalue weighted by molar-refractivity contribution is 0.0727. The van der Waals surface area contributed by atoms with Crippen LogP contribution in [0.4, 0.5) is 0 Å². The average molecular weight is 426 g/mol. The molecule has 1 amide bonds. The van der Waals surface area contributed by atoms with E-state index in [1.807, 2.05) is 23.1 Å². The highest BCUT2D eigenvalue weighted by atomic mass is 16.5. The standard InChI is InChI=1S/C23H31N5O3/c1-15(2)11-21-25-17-6-5-16(12-19(17)28(21)9-4-8-24)23(29)27-10-7-20-18(13-27)26-22(31-20)14-30-3/h5-6,12,15H,4,7-11,13-14,24H2,1-3H3. The van der Waals surface area contributed by atoms with E-state index in [1.165, 1.54) is 0 Å². The molecule has 1 aromatic carbocycles. The Kier molecular flexibility index (Phi) is 6.38. The molecule has 0 atom stereocenters. The molecule has 3 aromatic rings. The maximum atomic E-state index is 13.3. The lowest BCUT2D eigenvalue weighted by Gasteiger charge is -2.25. The number of benzene rings is 1. The Morgan fingerprint density at radius 1 is 1.32 bits per heavy atom. The fourth-order valence-electron chi connectivity index (χ4n) is 4.12. The summed E-state index contributed by atoms with van der Waals surface area (Å²) in [4.78, 5) is 24.4. The Morgan fingerprint density at radius 2 is 2.16 bits per heavy atom. The van der Waals surface area contributed by atoms with Crippen molar-refractivity contribution in [2.24, 2.45) is 11.7 Å². The first kappa shape index (κ1) is 21.5. The molecule has 166 valence electrons. The molecular weight excluding hydrogens is 394 g/mol. The summed E-state index contributed by atoms with van der Waals surface area (Å²) >= 11 is 0. The highest BCUT2D eigenvalue weighted by molar-refractivity contribution is 5.97. The van der Waals surface area contributed by atoms with Gasteiger partial charge in [0.1, 0.15) is 23.9 Å². The van der Waals surface area contributed by atoms with Crippen LogP contribution in [0.15, 0.2) is 22.6 Å². The van der Waals surface area contributed by atoms with Gasteiger partial charge in [-0.15, -0.1) is 0 Å². The molecule has 0 aliphatic carbocycles. The van der Waals surface area contributed by atoms with Crippen molar-refractivity contribution < 1.29 is 13.9 Å². The van der Waals surface area contributed by atoms with Gasteiger partial charge in [0, 0.05) is 38.6 Å². The Labute approximate surface area is 182 Å². The van der Waals surface area contributed by atoms with Crippen LogP contribution in [0, 0.1) is 5.92 Å². The zero-order valence-electron chi connectivity index (χ0n) is 18.6. The molecule has 8 heteroatoms. The summed E-state index contributed by atoms with van der Waals surface area (Å²) < 4.78 is 13.1. The normalized spacial score (nSPS) is 13.9. The van der Waals surface area contributed by atoms with Crippen molar-refractivity contribution in [2.75, 3.05) is 20.2 Å². The average Bonchev–Trinajstić information content (AvgIpc) is 3.30. The van der Waals surface area contributed by atoms with Crippen molar-refractivity contribution in [1.82, 2.24) is 19.4 Å². The number of carbonyl (C=O) groups is 1. The second kappa shape index (κ2) is 9.20. The van der Waals surface area contributed by atoms with Gasteiger partial charge in [-0.25, -0.2) is 9.97 Å². The van der Waals surface area contributed by atoms with Crippen molar-refractivity contribution in [3.63, 3.8) is 0 Å². The van der Waals surface area contributed by atoms with Gasteiger partial charge in [-0.2, -0.15) is 0 Å². The van der Waals surface area contributed by atoms with Crippen molar-refractivity contribution in [1.29, 1.82) is 0 Å². The van der Waals surface area contributed by atoms with Gasteiger partial charge in [0.2, 0.25) is 5.89 Å². The first-order valence-corrected chi connectivity index (χ1v) is 10.9. The van der Waals surface area contributed by atoms with Gasteiger partial charge in [-0.3, -0.25) is 4.79 Å². The van der Waals surface area contributed by atoms with Gasteiger partial charge >= 0.3 is 0 Å². The first-order chi connectivity index (χ1) is 15.0. The fourth-order valence-corrected chi connectivity index (χ4v) is 4.12. The van der Waals surface area contributed by atoms with Crippen LogP contribution >= 0.6 is 0 Å². The zero-order chi connectivity index (χ0) is 22.0. The lowest BCUT2D eigenvalue weighted by Crippen LogP contribution is -2.35. The van der Waals surface area contributed by atoms with Crippen molar-refractivity contribution >= 4 is 16.9 Å². The largest absolute Gasteiger partial charge is 0.443 e. The number of rotatable bonds is 8. The SMILES string of the molecule is COCc1nc2c(o1)CCN(C(=O)c1ccc3nc(CC(C)C)n(CCCN)c3c1)C2. The fraction of sp³-hybridized carbons (Fsp3) is 0.522. The number of imidazole rings is 1. The van der Waals surface area contributed by atoms with Gasteiger partial charge in [-0.1, -0.05) is 13.8 Å². The predicted molar refractivity (Wildman–Crippen MR) is 118 cm³/mol. The zero-order valence-corrected chi connectivity index (χ0v) is 18.6. The van der Waals surface area contributed by atoms with Gasteiger partial charge in [0.25, 0.3) is 5.91 Å². The van der Waals surface area contributed by atoms with Crippen molar-refractivity contribution in [3.8, 4) is 0 Å². The van der Waals surface area contributed by atoms with E-state index in [0.717, 1.165) is 47.7 Å². The van der Waals surface area contributed by atoms with Crippen LogP contribution in [-0.4, -0.2) is 45.5 Å².